The third-order valence-electron chi connectivity index (χ3n) is 2.74. The first kappa shape index (κ1) is 10.2. The standard InChI is InChI=1S/C10H15BrN2O/c1-7-2-5-14-10(7)8(11)6-9-12-3-4-13-9/h3-4,7-8,10H,2,5-6H2,1H3,(H,12,13). The maximum absolute atomic E-state index is 5.69. The highest BCUT2D eigenvalue weighted by Gasteiger charge is 2.30. The molecule has 1 aromatic rings. The van der Waals surface area contributed by atoms with Crippen LogP contribution in [-0.2, 0) is 11.2 Å². The van der Waals surface area contributed by atoms with Crippen LogP contribution in [0.4, 0.5) is 0 Å². The third kappa shape index (κ3) is 2.17. The summed E-state index contributed by atoms with van der Waals surface area (Å²) in [6.07, 6.45) is 6.05. The van der Waals surface area contributed by atoms with Gasteiger partial charge in [0.05, 0.1) is 6.10 Å². The molecule has 0 radical (unpaired) electrons. The van der Waals surface area contributed by atoms with Gasteiger partial charge in [-0.15, -0.1) is 0 Å². The molecule has 3 nitrogen and oxygen atoms in total. The van der Waals surface area contributed by atoms with Crippen molar-refractivity contribution in [3.8, 4) is 0 Å². The zero-order valence-electron chi connectivity index (χ0n) is 8.24. The fraction of sp³-hybridized carbons (Fsp3) is 0.700. The number of rotatable bonds is 3. The summed E-state index contributed by atoms with van der Waals surface area (Å²) in [5.41, 5.74) is 0. The van der Waals surface area contributed by atoms with Crippen molar-refractivity contribution in [2.75, 3.05) is 6.61 Å². The van der Waals surface area contributed by atoms with E-state index in [1.807, 2.05) is 6.20 Å². The van der Waals surface area contributed by atoms with Crippen LogP contribution < -0.4 is 0 Å². The monoisotopic (exact) mass is 258 g/mol. The summed E-state index contributed by atoms with van der Waals surface area (Å²) in [5.74, 6) is 1.67. The van der Waals surface area contributed by atoms with E-state index in [4.69, 9.17) is 4.74 Å². The van der Waals surface area contributed by atoms with E-state index in [9.17, 15) is 0 Å². The number of alkyl halides is 1. The maximum atomic E-state index is 5.69. The van der Waals surface area contributed by atoms with Crippen LogP contribution in [0.1, 0.15) is 19.2 Å². The van der Waals surface area contributed by atoms with Gasteiger partial charge in [-0.3, -0.25) is 0 Å². The Morgan fingerprint density at radius 2 is 2.64 bits per heavy atom. The van der Waals surface area contributed by atoms with E-state index < -0.39 is 0 Å². The van der Waals surface area contributed by atoms with Crippen molar-refractivity contribution >= 4 is 15.9 Å². The van der Waals surface area contributed by atoms with Crippen molar-refractivity contribution < 1.29 is 4.74 Å². The minimum absolute atomic E-state index is 0.333. The molecule has 0 spiro atoms. The van der Waals surface area contributed by atoms with Crippen molar-refractivity contribution in [2.24, 2.45) is 5.92 Å². The van der Waals surface area contributed by atoms with E-state index in [1.54, 1.807) is 6.20 Å². The number of nitrogens with one attached hydrogen (secondary N) is 1. The van der Waals surface area contributed by atoms with Gasteiger partial charge >= 0.3 is 0 Å². The number of nitrogens with zero attached hydrogens (tertiary/aromatic N) is 1. The molecule has 0 bridgehead atoms. The molecule has 0 aliphatic carbocycles. The summed E-state index contributed by atoms with van der Waals surface area (Å²) in [7, 11) is 0. The van der Waals surface area contributed by atoms with E-state index in [0.717, 1.165) is 18.9 Å². The number of aromatic amines is 1. The van der Waals surface area contributed by atoms with Gasteiger partial charge in [0, 0.05) is 30.2 Å². The average Bonchev–Trinajstić information content (AvgIpc) is 2.75. The zero-order valence-corrected chi connectivity index (χ0v) is 9.83. The Hall–Kier alpha value is -0.350. The molecule has 4 heteroatoms. The Balaban J connectivity index is 1.92. The first-order valence-corrected chi connectivity index (χ1v) is 5.93. The van der Waals surface area contributed by atoms with Gasteiger partial charge in [0.2, 0.25) is 0 Å². The lowest BCUT2D eigenvalue weighted by atomic mass is 10.00. The van der Waals surface area contributed by atoms with Gasteiger partial charge in [-0.2, -0.15) is 0 Å². The lowest BCUT2D eigenvalue weighted by Crippen LogP contribution is -2.27. The van der Waals surface area contributed by atoms with Crippen molar-refractivity contribution in [3.05, 3.63) is 18.2 Å². The molecular formula is C10H15BrN2O. The Kier molecular flexibility index (Phi) is 3.23. The molecule has 2 heterocycles. The second kappa shape index (κ2) is 4.45. The summed E-state index contributed by atoms with van der Waals surface area (Å²) in [6, 6.07) is 0. The molecule has 1 fully saturated rings. The number of halogens is 1. The summed E-state index contributed by atoms with van der Waals surface area (Å²) in [6.45, 7) is 3.14. The Bertz CT molecular complexity index is 276. The van der Waals surface area contributed by atoms with Gasteiger partial charge in [0.1, 0.15) is 5.82 Å². The van der Waals surface area contributed by atoms with Crippen LogP contribution in [0.25, 0.3) is 0 Å². The predicted octanol–water partition coefficient (Wildman–Crippen LogP) is 2.14. The topological polar surface area (TPSA) is 37.9 Å². The van der Waals surface area contributed by atoms with Gasteiger partial charge in [-0.25, -0.2) is 4.98 Å². The number of hydrogen-bond acceptors (Lipinski definition) is 2. The highest BCUT2D eigenvalue weighted by Crippen LogP contribution is 2.28. The van der Waals surface area contributed by atoms with Gasteiger partial charge in [-0.05, 0) is 12.3 Å². The molecule has 14 heavy (non-hydrogen) atoms. The summed E-state index contributed by atoms with van der Waals surface area (Å²) in [5, 5.41) is 0. The van der Waals surface area contributed by atoms with Crippen LogP contribution in [0.5, 0.6) is 0 Å². The molecule has 0 amide bonds. The molecule has 1 N–H and O–H groups in total. The number of ether oxygens (including phenoxy) is 1. The molecule has 78 valence electrons. The van der Waals surface area contributed by atoms with Gasteiger partial charge in [0.25, 0.3) is 0 Å². The molecule has 1 aliphatic heterocycles. The minimum Gasteiger partial charge on any atom is -0.377 e. The van der Waals surface area contributed by atoms with Crippen LogP contribution in [-0.4, -0.2) is 27.5 Å². The molecule has 0 saturated carbocycles. The van der Waals surface area contributed by atoms with Crippen molar-refractivity contribution in [1.29, 1.82) is 0 Å². The van der Waals surface area contributed by atoms with Crippen molar-refractivity contribution in [1.82, 2.24) is 9.97 Å². The second-order valence-corrected chi connectivity index (χ2v) is 5.03. The quantitative estimate of drug-likeness (QED) is 0.844. The van der Waals surface area contributed by atoms with E-state index >= 15 is 0 Å². The van der Waals surface area contributed by atoms with Crippen LogP contribution in [0, 0.1) is 5.92 Å². The smallest absolute Gasteiger partial charge is 0.107 e. The first-order chi connectivity index (χ1) is 6.77. The molecule has 3 unspecified atom stereocenters. The van der Waals surface area contributed by atoms with E-state index in [2.05, 4.69) is 32.8 Å². The van der Waals surface area contributed by atoms with E-state index in [1.165, 1.54) is 6.42 Å². The van der Waals surface area contributed by atoms with Crippen molar-refractivity contribution in [2.45, 2.75) is 30.7 Å². The second-order valence-electron chi connectivity index (χ2n) is 3.86. The molecule has 0 aromatic carbocycles. The van der Waals surface area contributed by atoms with E-state index in [0.29, 0.717) is 16.8 Å². The molecule has 2 rings (SSSR count). The zero-order chi connectivity index (χ0) is 9.97. The lowest BCUT2D eigenvalue weighted by Gasteiger charge is -2.19. The number of imidazole rings is 1. The fourth-order valence-corrected chi connectivity index (χ4v) is 2.87. The summed E-state index contributed by atoms with van der Waals surface area (Å²) >= 11 is 3.68. The Morgan fingerprint density at radius 3 is 3.21 bits per heavy atom. The lowest BCUT2D eigenvalue weighted by molar-refractivity contribution is 0.0931. The average molecular weight is 259 g/mol. The Morgan fingerprint density at radius 1 is 1.79 bits per heavy atom. The summed E-state index contributed by atoms with van der Waals surface area (Å²) in [4.78, 5) is 7.69. The van der Waals surface area contributed by atoms with Crippen LogP contribution >= 0.6 is 15.9 Å². The largest absolute Gasteiger partial charge is 0.377 e. The van der Waals surface area contributed by atoms with Crippen molar-refractivity contribution in [3.63, 3.8) is 0 Å². The SMILES string of the molecule is CC1CCOC1C(Br)Cc1ncc[nH]1. The number of hydrogen-bond donors (Lipinski definition) is 1. The summed E-state index contributed by atoms with van der Waals surface area (Å²) < 4.78 is 5.69. The number of H-pyrrole nitrogens is 1. The molecule has 1 saturated heterocycles. The molecule has 1 aromatic heterocycles. The fourth-order valence-electron chi connectivity index (χ4n) is 1.89. The van der Waals surface area contributed by atoms with Gasteiger partial charge in [-0.1, -0.05) is 22.9 Å². The molecular weight excluding hydrogens is 244 g/mol. The highest BCUT2D eigenvalue weighted by molar-refractivity contribution is 9.09. The highest BCUT2D eigenvalue weighted by atomic mass is 79.9. The molecule has 1 aliphatic rings. The van der Waals surface area contributed by atoms with Crippen LogP contribution in [0.2, 0.25) is 0 Å². The normalized spacial score (nSPS) is 29.3. The maximum Gasteiger partial charge on any atom is 0.107 e. The minimum atomic E-state index is 0.333. The van der Waals surface area contributed by atoms with Gasteiger partial charge in [0.15, 0.2) is 0 Å². The molecule has 3 atom stereocenters. The predicted molar refractivity (Wildman–Crippen MR) is 58.5 cm³/mol. The first-order valence-electron chi connectivity index (χ1n) is 5.01. The Labute approximate surface area is 92.4 Å². The van der Waals surface area contributed by atoms with Gasteiger partial charge < -0.3 is 9.72 Å². The van der Waals surface area contributed by atoms with Crippen LogP contribution in [0.15, 0.2) is 12.4 Å². The third-order valence-corrected chi connectivity index (χ3v) is 3.59. The number of aromatic nitrogens is 2. The van der Waals surface area contributed by atoms with E-state index in [-0.39, 0.29) is 0 Å². The van der Waals surface area contributed by atoms with Crippen LogP contribution in [0.3, 0.4) is 0 Å².